The van der Waals surface area contributed by atoms with Crippen LogP contribution in [0.25, 0.3) is 87.4 Å². The van der Waals surface area contributed by atoms with E-state index >= 15 is 0 Å². The van der Waals surface area contributed by atoms with E-state index in [1.165, 1.54) is 0 Å². The predicted molar refractivity (Wildman–Crippen MR) is 182 cm³/mol. The van der Waals surface area contributed by atoms with Gasteiger partial charge in [-0.1, -0.05) is 115 Å². The molecular weight excluding hydrogens is 559 g/mol. The van der Waals surface area contributed by atoms with Crippen molar-refractivity contribution in [2.24, 2.45) is 0 Å². The first kappa shape index (κ1) is 19.5. The van der Waals surface area contributed by atoms with Gasteiger partial charge in [0, 0.05) is 47.6 Å². The number of hydrogen-bond acceptors (Lipinski definition) is 5. The molecule has 0 bridgehead atoms. The van der Waals surface area contributed by atoms with E-state index in [4.69, 9.17) is 23.5 Å². The van der Waals surface area contributed by atoms with Gasteiger partial charge in [0.2, 0.25) is 0 Å². The summed E-state index contributed by atoms with van der Waals surface area (Å²) in [6, 6.07) is 30.8. The summed E-state index contributed by atoms with van der Waals surface area (Å²) in [6.45, 7) is 0. The Hall–Kier alpha value is -5.65. The molecule has 9 aromatic rings. The molecule has 4 nitrogen and oxygen atoms in total. The average molecular weight is 588 g/mol. The Morgan fingerprint density at radius 3 is 1.91 bits per heavy atom. The topological polar surface area (TPSA) is 51.8 Å². The summed E-state index contributed by atoms with van der Waals surface area (Å²) < 4.78 is 62.0. The second kappa shape index (κ2) is 9.97. The number of fused-ring (bicyclic) bond motifs is 6. The van der Waals surface area contributed by atoms with Crippen molar-refractivity contribution in [3.63, 3.8) is 0 Å². The Kier molecular flexibility index (Phi) is 4.42. The smallest absolute Gasteiger partial charge is 0.164 e. The number of rotatable bonds is 4. The highest BCUT2D eigenvalue weighted by Gasteiger charge is 2.18. The first-order chi connectivity index (χ1) is 24.3. The number of hydrogen-bond donors (Lipinski definition) is 0. The van der Waals surface area contributed by atoms with Crippen LogP contribution in [0, 0.1) is 0 Å². The molecule has 206 valence electrons. The SMILES string of the molecule is [2H]c1c([2H])c(-c2cccc3oc4ccccc4c23)c2c(sc3c([2H])c(-c4nc(-c5ccccc5)nc(-c5ccccc5)n4)c([2H])c([2H])c32)c1[2H]. The quantitative estimate of drug-likeness (QED) is 0.205. The van der Waals surface area contributed by atoms with Crippen LogP contribution in [-0.2, 0) is 0 Å². The van der Waals surface area contributed by atoms with Crippen LogP contribution in [-0.4, -0.2) is 15.0 Å². The maximum Gasteiger partial charge on any atom is 0.164 e. The van der Waals surface area contributed by atoms with Gasteiger partial charge >= 0.3 is 0 Å². The first-order valence-corrected chi connectivity index (χ1v) is 14.9. The Labute approximate surface area is 265 Å². The first-order valence-electron chi connectivity index (χ1n) is 17.1. The van der Waals surface area contributed by atoms with Gasteiger partial charge in [0.05, 0.1) is 8.22 Å². The van der Waals surface area contributed by atoms with Gasteiger partial charge in [-0.3, -0.25) is 0 Å². The highest BCUT2D eigenvalue weighted by atomic mass is 32.1. The van der Waals surface area contributed by atoms with Crippen molar-refractivity contribution in [2.45, 2.75) is 0 Å². The van der Waals surface area contributed by atoms with Crippen molar-refractivity contribution in [3.8, 4) is 45.3 Å². The fraction of sp³-hybridized carbons (Fsp3) is 0. The molecule has 3 heterocycles. The molecule has 0 amide bonds. The van der Waals surface area contributed by atoms with Crippen molar-refractivity contribution in [1.29, 1.82) is 0 Å². The Bertz CT molecular complexity index is 2780. The summed E-state index contributed by atoms with van der Waals surface area (Å²) in [5.74, 6) is 0.819. The molecule has 0 saturated heterocycles. The minimum absolute atomic E-state index is 0.0678. The molecule has 0 unspecified atom stereocenters. The molecule has 6 aromatic carbocycles. The average Bonchev–Trinajstić information content (AvgIpc) is 3.74. The zero-order valence-electron chi connectivity index (χ0n) is 29.0. The Balaban J connectivity index is 1.37. The van der Waals surface area contributed by atoms with Gasteiger partial charge in [0.25, 0.3) is 0 Å². The third-order valence-corrected chi connectivity index (χ3v) is 8.69. The molecule has 0 aliphatic carbocycles. The van der Waals surface area contributed by atoms with Crippen molar-refractivity contribution in [2.75, 3.05) is 0 Å². The van der Waals surface area contributed by atoms with E-state index in [1.54, 1.807) is 0 Å². The van der Waals surface area contributed by atoms with Crippen molar-refractivity contribution in [1.82, 2.24) is 15.0 Å². The third-order valence-electron chi connectivity index (χ3n) is 7.67. The van der Waals surface area contributed by atoms with Gasteiger partial charge in [-0.25, -0.2) is 15.0 Å². The molecule has 0 aliphatic heterocycles. The zero-order chi connectivity index (χ0) is 34.3. The fourth-order valence-electron chi connectivity index (χ4n) is 5.66. The van der Waals surface area contributed by atoms with Gasteiger partial charge in [-0.05, 0) is 35.3 Å². The second-order valence-electron chi connectivity index (χ2n) is 10.3. The van der Waals surface area contributed by atoms with Crippen LogP contribution in [0.3, 0.4) is 0 Å². The number of furan rings is 1. The summed E-state index contributed by atoms with van der Waals surface area (Å²) in [5, 5.41) is 2.27. The second-order valence-corrected chi connectivity index (χ2v) is 11.3. The van der Waals surface area contributed by atoms with Crippen LogP contribution >= 0.6 is 11.3 Å². The molecule has 0 fully saturated rings. The van der Waals surface area contributed by atoms with Gasteiger partial charge in [0.15, 0.2) is 17.5 Å². The normalized spacial score (nSPS) is 13.5. The zero-order valence-corrected chi connectivity index (χ0v) is 23.8. The van der Waals surface area contributed by atoms with Crippen molar-refractivity contribution in [3.05, 3.63) is 139 Å². The number of aromatic nitrogens is 3. The lowest BCUT2D eigenvalue weighted by Gasteiger charge is -2.09. The van der Waals surface area contributed by atoms with Gasteiger partial charge in [-0.2, -0.15) is 0 Å². The molecule has 0 saturated carbocycles. The van der Waals surface area contributed by atoms with E-state index in [1.807, 2.05) is 103 Å². The lowest BCUT2D eigenvalue weighted by Crippen LogP contribution is -1.99. The number of thiophene rings is 1. The summed E-state index contributed by atoms with van der Waals surface area (Å²) in [6.07, 6.45) is 0. The number of benzene rings is 6. The van der Waals surface area contributed by atoms with Gasteiger partial charge < -0.3 is 4.42 Å². The molecule has 0 N–H and O–H groups in total. The van der Waals surface area contributed by atoms with Crippen LogP contribution in [0.5, 0.6) is 0 Å². The molecule has 0 atom stereocenters. The Morgan fingerprint density at radius 2 is 1.16 bits per heavy atom. The van der Waals surface area contributed by atoms with E-state index in [2.05, 4.69) is 0 Å². The lowest BCUT2D eigenvalue weighted by molar-refractivity contribution is 0.669. The molecule has 44 heavy (non-hydrogen) atoms. The highest BCUT2D eigenvalue weighted by molar-refractivity contribution is 7.26. The van der Waals surface area contributed by atoms with Crippen LogP contribution in [0.15, 0.2) is 144 Å². The van der Waals surface area contributed by atoms with E-state index in [0.29, 0.717) is 48.7 Å². The molecule has 0 aliphatic rings. The van der Waals surface area contributed by atoms with Crippen molar-refractivity contribution >= 4 is 53.4 Å². The van der Waals surface area contributed by atoms with Crippen LogP contribution in [0.1, 0.15) is 8.22 Å². The summed E-state index contributed by atoms with van der Waals surface area (Å²) in [5.41, 5.74) is 3.79. The van der Waals surface area contributed by atoms with Crippen LogP contribution < -0.4 is 0 Å². The maximum absolute atomic E-state index is 9.50. The van der Waals surface area contributed by atoms with E-state index in [-0.39, 0.29) is 53.0 Å². The minimum Gasteiger partial charge on any atom is -0.456 e. The molecule has 0 radical (unpaired) electrons. The third kappa shape index (κ3) is 4.02. The van der Waals surface area contributed by atoms with E-state index in [9.17, 15) is 4.11 Å². The molecular formula is C39H23N3OS. The lowest BCUT2D eigenvalue weighted by atomic mass is 9.95. The minimum atomic E-state index is -0.259. The van der Waals surface area contributed by atoms with E-state index < -0.39 is 0 Å². The Morgan fingerprint density at radius 1 is 0.500 bits per heavy atom. The maximum atomic E-state index is 9.50. The highest BCUT2D eigenvalue weighted by Crippen LogP contribution is 2.44. The molecule has 9 rings (SSSR count). The van der Waals surface area contributed by atoms with Crippen LogP contribution in [0.2, 0.25) is 0 Å². The van der Waals surface area contributed by atoms with Gasteiger partial charge in [-0.15, -0.1) is 11.3 Å². The summed E-state index contributed by atoms with van der Waals surface area (Å²) in [7, 11) is 0. The van der Waals surface area contributed by atoms with Crippen LogP contribution in [0.4, 0.5) is 0 Å². The molecule has 0 spiro atoms. The summed E-state index contributed by atoms with van der Waals surface area (Å²) in [4.78, 5) is 14.2. The molecule has 5 heteroatoms. The van der Waals surface area contributed by atoms with E-state index in [0.717, 1.165) is 33.2 Å². The number of nitrogens with zero attached hydrogens (tertiary/aromatic N) is 3. The standard InChI is InChI=1S/C39H23N3OS/c1-3-11-24(12-4-1)37-40-38(25-13-5-2-6-14-25)42-39(41-37)26-21-22-30-34(23-26)44-33-20-10-17-28(36(30)33)27-16-9-19-32-35(27)29-15-7-8-18-31(29)43-32/h1-23H/i10D,17D,20D,21D,22D,23D. The van der Waals surface area contributed by atoms with Crippen molar-refractivity contribution < 1.29 is 12.6 Å². The fourth-order valence-corrected chi connectivity index (χ4v) is 6.69. The summed E-state index contributed by atoms with van der Waals surface area (Å²) >= 11 is 1.11. The molecule has 3 aromatic heterocycles. The monoisotopic (exact) mass is 587 g/mol. The largest absolute Gasteiger partial charge is 0.456 e. The predicted octanol–water partition coefficient (Wildman–Crippen LogP) is 10.8. The number of para-hydroxylation sites is 1. The van der Waals surface area contributed by atoms with Gasteiger partial charge in [0.1, 0.15) is 11.2 Å².